The Hall–Kier alpha value is -1.37. The first-order valence-electron chi connectivity index (χ1n) is 6.11. The second kappa shape index (κ2) is 5.81. The molecule has 1 fully saturated rings. The lowest BCUT2D eigenvalue weighted by atomic mass is 10.1. The van der Waals surface area contributed by atoms with Crippen molar-refractivity contribution in [1.29, 1.82) is 5.26 Å². The van der Waals surface area contributed by atoms with Gasteiger partial charge in [0.05, 0.1) is 19.2 Å². The zero-order chi connectivity index (χ0) is 12.1. The fourth-order valence-corrected chi connectivity index (χ4v) is 2.24. The highest BCUT2D eigenvalue weighted by Gasteiger charge is 2.34. The van der Waals surface area contributed by atoms with Gasteiger partial charge in [-0.3, -0.25) is 4.90 Å². The molecule has 0 aliphatic heterocycles. The molecule has 1 aromatic rings. The van der Waals surface area contributed by atoms with E-state index in [0.717, 1.165) is 6.54 Å². The first-order valence-corrected chi connectivity index (χ1v) is 6.11. The van der Waals surface area contributed by atoms with Crippen molar-refractivity contribution < 1.29 is 5.11 Å². The zero-order valence-corrected chi connectivity index (χ0v) is 9.92. The van der Waals surface area contributed by atoms with Crippen molar-refractivity contribution in [2.75, 3.05) is 13.2 Å². The number of aliphatic hydroxyl groups is 1. The van der Waals surface area contributed by atoms with Crippen LogP contribution in [0.5, 0.6) is 0 Å². The zero-order valence-electron chi connectivity index (χ0n) is 9.92. The molecule has 1 aliphatic carbocycles. The van der Waals surface area contributed by atoms with Gasteiger partial charge in [-0.25, -0.2) is 0 Å². The van der Waals surface area contributed by atoms with Crippen LogP contribution in [-0.2, 0) is 6.54 Å². The third-order valence-electron chi connectivity index (χ3n) is 3.32. The molecule has 0 saturated heterocycles. The lowest BCUT2D eigenvalue weighted by Crippen LogP contribution is -2.39. The van der Waals surface area contributed by atoms with Crippen LogP contribution in [0.15, 0.2) is 30.3 Å². The summed E-state index contributed by atoms with van der Waals surface area (Å²) < 4.78 is 0. The molecule has 0 unspecified atom stereocenters. The fraction of sp³-hybridized carbons (Fsp3) is 0.500. The van der Waals surface area contributed by atoms with Crippen molar-refractivity contribution in [2.45, 2.75) is 25.4 Å². The van der Waals surface area contributed by atoms with E-state index in [9.17, 15) is 5.11 Å². The molecule has 0 bridgehead atoms. The summed E-state index contributed by atoms with van der Waals surface area (Å²) in [7, 11) is 0. The Morgan fingerprint density at radius 3 is 2.59 bits per heavy atom. The van der Waals surface area contributed by atoms with Crippen LogP contribution < -0.4 is 0 Å². The predicted octanol–water partition coefficient (Wildman–Crippen LogP) is 1.78. The molecule has 0 aromatic heterocycles. The molecule has 90 valence electrons. The van der Waals surface area contributed by atoms with Crippen LogP contribution in [0.2, 0.25) is 0 Å². The number of benzene rings is 1. The molecule has 0 spiro atoms. The minimum absolute atomic E-state index is 0.148. The Kier molecular flexibility index (Phi) is 4.13. The van der Waals surface area contributed by atoms with Gasteiger partial charge in [-0.15, -0.1) is 0 Å². The summed E-state index contributed by atoms with van der Waals surface area (Å²) in [5.41, 5.74) is 1.20. The predicted molar refractivity (Wildman–Crippen MR) is 66.1 cm³/mol. The van der Waals surface area contributed by atoms with Gasteiger partial charge in [-0.1, -0.05) is 30.3 Å². The maximum atomic E-state index is 9.46. The van der Waals surface area contributed by atoms with Crippen molar-refractivity contribution in [1.82, 2.24) is 4.90 Å². The minimum Gasteiger partial charge on any atom is -0.395 e. The maximum Gasteiger partial charge on any atom is 0.0872 e. The van der Waals surface area contributed by atoms with Crippen LogP contribution in [0, 0.1) is 17.2 Å². The lowest BCUT2D eigenvalue weighted by molar-refractivity contribution is 0.113. The highest BCUT2D eigenvalue weighted by molar-refractivity contribution is 5.15. The van der Waals surface area contributed by atoms with E-state index in [4.69, 9.17) is 5.26 Å². The molecule has 0 radical (unpaired) electrons. The summed E-state index contributed by atoms with van der Waals surface area (Å²) in [6, 6.07) is 12.5. The second-order valence-electron chi connectivity index (χ2n) is 4.64. The molecule has 3 nitrogen and oxygen atoms in total. The van der Waals surface area contributed by atoms with E-state index < -0.39 is 0 Å². The van der Waals surface area contributed by atoms with Crippen LogP contribution in [0.4, 0.5) is 0 Å². The molecule has 1 atom stereocenters. The van der Waals surface area contributed by atoms with Crippen molar-refractivity contribution in [3.63, 3.8) is 0 Å². The van der Waals surface area contributed by atoms with Crippen molar-refractivity contribution in [3.8, 4) is 6.07 Å². The lowest BCUT2D eigenvalue weighted by Gasteiger charge is -2.28. The third kappa shape index (κ3) is 3.29. The molecule has 2 rings (SSSR count). The molecule has 1 saturated carbocycles. The van der Waals surface area contributed by atoms with Gasteiger partial charge in [0.2, 0.25) is 0 Å². The van der Waals surface area contributed by atoms with Crippen LogP contribution in [0.3, 0.4) is 0 Å². The summed E-state index contributed by atoms with van der Waals surface area (Å²) in [4.78, 5) is 2.09. The number of hydrogen-bond donors (Lipinski definition) is 1. The number of nitrogens with zero attached hydrogens (tertiary/aromatic N) is 2. The Balaban J connectivity index is 2.03. The largest absolute Gasteiger partial charge is 0.395 e. The Bertz CT molecular complexity index is 381. The average molecular weight is 230 g/mol. The van der Waals surface area contributed by atoms with Gasteiger partial charge in [-0.05, 0) is 24.3 Å². The van der Waals surface area contributed by atoms with Crippen LogP contribution >= 0.6 is 0 Å². The van der Waals surface area contributed by atoms with Gasteiger partial charge < -0.3 is 5.11 Å². The van der Waals surface area contributed by atoms with Gasteiger partial charge in [-0.2, -0.15) is 5.26 Å². The third-order valence-corrected chi connectivity index (χ3v) is 3.32. The fourth-order valence-electron chi connectivity index (χ4n) is 2.24. The summed E-state index contributed by atoms with van der Waals surface area (Å²) >= 11 is 0. The van der Waals surface area contributed by atoms with E-state index in [-0.39, 0.29) is 12.6 Å². The molecule has 3 heteroatoms. The van der Waals surface area contributed by atoms with Crippen molar-refractivity contribution in [3.05, 3.63) is 35.9 Å². The normalized spacial score (nSPS) is 16.8. The van der Waals surface area contributed by atoms with E-state index >= 15 is 0 Å². The molecule has 0 amide bonds. The van der Waals surface area contributed by atoms with Gasteiger partial charge in [0.25, 0.3) is 0 Å². The SMILES string of the molecule is N#CCN(Cc1ccccc1)[C@H](CO)C1CC1. The minimum atomic E-state index is 0.148. The first kappa shape index (κ1) is 12.1. The second-order valence-corrected chi connectivity index (χ2v) is 4.64. The van der Waals surface area contributed by atoms with Gasteiger partial charge in [0, 0.05) is 12.6 Å². The number of rotatable bonds is 6. The van der Waals surface area contributed by atoms with E-state index in [1.165, 1.54) is 18.4 Å². The Labute approximate surface area is 102 Å². The molecule has 17 heavy (non-hydrogen) atoms. The van der Waals surface area contributed by atoms with Gasteiger partial charge in [0.15, 0.2) is 0 Å². The number of aliphatic hydroxyl groups excluding tert-OH is 1. The van der Waals surface area contributed by atoms with Gasteiger partial charge in [0.1, 0.15) is 0 Å². The van der Waals surface area contributed by atoms with Crippen LogP contribution in [0.25, 0.3) is 0 Å². The van der Waals surface area contributed by atoms with E-state index in [2.05, 4.69) is 23.1 Å². The van der Waals surface area contributed by atoms with Crippen LogP contribution in [-0.4, -0.2) is 29.2 Å². The Morgan fingerprint density at radius 1 is 1.35 bits per heavy atom. The van der Waals surface area contributed by atoms with E-state index in [0.29, 0.717) is 12.5 Å². The quantitative estimate of drug-likeness (QED) is 0.758. The highest BCUT2D eigenvalue weighted by Crippen LogP contribution is 2.35. The summed E-state index contributed by atoms with van der Waals surface area (Å²) in [6.45, 7) is 1.28. The first-order chi connectivity index (χ1) is 8.35. The van der Waals surface area contributed by atoms with Crippen molar-refractivity contribution >= 4 is 0 Å². The smallest absolute Gasteiger partial charge is 0.0872 e. The summed E-state index contributed by atoms with van der Waals surface area (Å²) in [5, 5.41) is 18.3. The topological polar surface area (TPSA) is 47.3 Å². The average Bonchev–Trinajstić information content (AvgIpc) is 3.16. The standard InChI is InChI=1S/C14H18N2O/c15-8-9-16(14(11-17)13-6-7-13)10-12-4-2-1-3-5-12/h1-5,13-14,17H,6-7,9-11H2/t14-/m1/s1. The van der Waals surface area contributed by atoms with Gasteiger partial charge >= 0.3 is 0 Å². The number of hydrogen-bond acceptors (Lipinski definition) is 3. The number of nitriles is 1. The Morgan fingerprint density at radius 2 is 2.06 bits per heavy atom. The summed E-state index contributed by atoms with van der Waals surface area (Å²) in [6.07, 6.45) is 2.36. The molecular formula is C14H18N2O. The molecule has 0 heterocycles. The molecular weight excluding hydrogens is 212 g/mol. The molecule has 1 N–H and O–H groups in total. The van der Waals surface area contributed by atoms with Crippen molar-refractivity contribution in [2.24, 2.45) is 5.92 Å². The molecule has 1 aromatic carbocycles. The highest BCUT2D eigenvalue weighted by atomic mass is 16.3. The molecule has 1 aliphatic rings. The maximum absolute atomic E-state index is 9.46. The van der Waals surface area contributed by atoms with E-state index in [1.54, 1.807) is 0 Å². The summed E-state index contributed by atoms with van der Waals surface area (Å²) in [5.74, 6) is 0.581. The van der Waals surface area contributed by atoms with E-state index in [1.807, 2.05) is 18.2 Å². The van der Waals surface area contributed by atoms with Crippen LogP contribution in [0.1, 0.15) is 18.4 Å². The monoisotopic (exact) mass is 230 g/mol.